The molecule has 0 bridgehead atoms. The quantitative estimate of drug-likeness (QED) is 0.823. The molecule has 1 rings (SSSR count). The molecule has 0 aromatic heterocycles. The van der Waals surface area contributed by atoms with E-state index < -0.39 is 11.4 Å². The van der Waals surface area contributed by atoms with E-state index in [1.165, 1.54) is 0 Å². The summed E-state index contributed by atoms with van der Waals surface area (Å²) < 4.78 is 0. The number of carbonyl (C=O) groups excluding carboxylic acids is 1. The fraction of sp³-hybridized carbons (Fsp3) is 0.857. The topological polar surface area (TPSA) is 54.4 Å². The molecule has 0 aromatic carbocycles. The second kappa shape index (κ2) is 4.79. The average Bonchev–Trinajstić information content (AvgIpc) is 2.26. The van der Waals surface area contributed by atoms with Crippen LogP contribution in [0.4, 0.5) is 0 Å². The lowest BCUT2D eigenvalue weighted by Gasteiger charge is -2.37. The minimum atomic E-state index is -0.693. The highest BCUT2D eigenvalue weighted by atomic mass is 16.4. The maximum absolute atomic E-state index is 12.1. The van der Waals surface area contributed by atoms with Crippen LogP contribution in [0.3, 0.4) is 0 Å². The molecule has 0 radical (unpaired) electrons. The van der Waals surface area contributed by atoms with Gasteiger partial charge in [0.2, 0.25) is 0 Å². The van der Waals surface area contributed by atoms with Crippen molar-refractivity contribution in [1.82, 2.24) is 0 Å². The second-order valence-corrected chi connectivity index (χ2v) is 6.33. The van der Waals surface area contributed by atoms with E-state index in [-0.39, 0.29) is 17.1 Å². The number of carboxylic acid groups (broad SMARTS) is 1. The predicted octanol–water partition coefficient (Wildman–Crippen LogP) is 3.27. The summed E-state index contributed by atoms with van der Waals surface area (Å²) in [5.41, 5.74) is -0.880. The second-order valence-electron chi connectivity index (χ2n) is 6.33. The highest BCUT2D eigenvalue weighted by Gasteiger charge is 2.43. The molecule has 3 heteroatoms. The molecule has 0 aromatic rings. The number of aliphatic carboxylic acids is 1. The largest absolute Gasteiger partial charge is 0.481 e. The van der Waals surface area contributed by atoms with Gasteiger partial charge < -0.3 is 5.11 Å². The molecule has 1 aliphatic carbocycles. The van der Waals surface area contributed by atoms with Gasteiger partial charge in [-0.15, -0.1) is 0 Å². The summed E-state index contributed by atoms with van der Waals surface area (Å²) in [6.45, 7) is 7.75. The molecule has 1 fully saturated rings. The summed E-state index contributed by atoms with van der Waals surface area (Å²) >= 11 is 0. The molecule has 17 heavy (non-hydrogen) atoms. The van der Waals surface area contributed by atoms with Crippen molar-refractivity contribution in [3.8, 4) is 0 Å². The maximum atomic E-state index is 12.1. The van der Waals surface area contributed by atoms with E-state index in [9.17, 15) is 14.7 Å². The molecule has 1 aliphatic rings. The van der Waals surface area contributed by atoms with Gasteiger partial charge in [-0.1, -0.05) is 27.7 Å². The number of rotatable bonds is 3. The van der Waals surface area contributed by atoms with Gasteiger partial charge in [0.05, 0.1) is 5.41 Å². The van der Waals surface area contributed by atoms with Crippen molar-refractivity contribution in [2.75, 3.05) is 0 Å². The van der Waals surface area contributed by atoms with Gasteiger partial charge in [0.25, 0.3) is 0 Å². The van der Waals surface area contributed by atoms with Gasteiger partial charge in [0.15, 0.2) is 0 Å². The monoisotopic (exact) mass is 240 g/mol. The van der Waals surface area contributed by atoms with Crippen LogP contribution >= 0.6 is 0 Å². The van der Waals surface area contributed by atoms with Crippen LogP contribution in [0.15, 0.2) is 0 Å². The van der Waals surface area contributed by atoms with Crippen LogP contribution in [0.5, 0.6) is 0 Å². The van der Waals surface area contributed by atoms with Crippen LogP contribution < -0.4 is 0 Å². The summed E-state index contributed by atoms with van der Waals surface area (Å²) in [5.74, 6) is -0.344. The minimum Gasteiger partial charge on any atom is -0.481 e. The van der Waals surface area contributed by atoms with E-state index in [1.54, 1.807) is 0 Å². The summed E-state index contributed by atoms with van der Waals surface area (Å²) in [4.78, 5) is 23.4. The number of hydrogen-bond donors (Lipinski definition) is 1. The van der Waals surface area contributed by atoms with Crippen LogP contribution in [-0.4, -0.2) is 16.9 Å². The Morgan fingerprint density at radius 1 is 1.24 bits per heavy atom. The molecule has 0 atom stereocenters. The normalized spacial score (nSPS) is 30.0. The molecular formula is C14H24O3. The first-order valence-corrected chi connectivity index (χ1v) is 6.50. The average molecular weight is 240 g/mol. The molecule has 0 amide bonds. The third kappa shape index (κ3) is 2.88. The first-order chi connectivity index (χ1) is 7.73. The zero-order valence-corrected chi connectivity index (χ0v) is 11.4. The fourth-order valence-electron chi connectivity index (χ4n) is 2.76. The van der Waals surface area contributed by atoms with Crippen molar-refractivity contribution >= 4 is 11.8 Å². The fourth-order valence-corrected chi connectivity index (χ4v) is 2.76. The number of hydrogen-bond acceptors (Lipinski definition) is 2. The standard InChI is InChI=1S/C14H24O3/c1-5-14(12(16)17)8-6-10(7-9-14)11(15)13(2,3)4/h10H,5-9H2,1-4H3,(H,16,17)/t10-,14-. The van der Waals surface area contributed by atoms with E-state index in [4.69, 9.17) is 0 Å². The molecule has 0 saturated heterocycles. The Kier molecular flexibility index (Phi) is 4.00. The first kappa shape index (κ1) is 14.2. The highest BCUT2D eigenvalue weighted by Crippen LogP contribution is 2.43. The van der Waals surface area contributed by atoms with Gasteiger partial charge >= 0.3 is 5.97 Å². The van der Waals surface area contributed by atoms with E-state index in [0.29, 0.717) is 19.3 Å². The third-order valence-corrected chi connectivity index (χ3v) is 4.18. The third-order valence-electron chi connectivity index (χ3n) is 4.18. The van der Waals surface area contributed by atoms with Crippen molar-refractivity contribution < 1.29 is 14.7 Å². The van der Waals surface area contributed by atoms with Crippen LogP contribution in [0, 0.1) is 16.7 Å². The summed E-state index contributed by atoms with van der Waals surface area (Å²) in [5, 5.41) is 9.29. The molecule has 0 unspecified atom stereocenters. The lowest BCUT2D eigenvalue weighted by atomic mass is 9.66. The Balaban J connectivity index is 2.68. The molecule has 0 spiro atoms. The lowest BCUT2D eigenvalue weighted by molar-refractivity contribution is -0.153. The van der Waals surface area contributed by atoms with Gasteiger partial charge in [0, 0.05) is 11.3 Å². The Labute approximate surface area is 104 Å². The number of Topliss-reactive ketones (excluding diaryl/α,β-unsaturated/α-hetero) is 1. The van der Waals surface area contributed by atoms with Crippen LogP contribution in [-0.2, 0) is 9.59 Å². The lowest BCUT2D eigenvalue weighted by Crippen LogP contribution is -2.39. The maximum Gasteiger partial charge on any atom is 0.309 e. The zero-order valence-electron chi connectivity index (χ0n) is 11.4. The van der Waals surface area contributed by atoms with Crippen molar-refractivity contribution in [3.05, 3.63) is 0 Å². The minimum absolute atomic E-state index is 0.0639. The smallest absolute Gasteiger partial charge is 0.309 e. The van der Waals surface area contributed by atoms with Crippen LogP contribution in [0.2, 0.25) is 0 Å². The van der Waals surface area contributed by atoms with Crippen LogP contribution in [0.25, 0.3) is 0 Å². The Bertz CT molecular complexity index is 304. The number of carbonyl (C=O) groups is 2. The summed E-state index contributed by atoms with van der Waals surface area (Å²) in [6.07, 6.45) is 3.42. The van der Waals surface area contributed by atoms with Gasteiger partial charge in [-0.05, 0) is 32.1 Å². The van der Waals surface area contributed by atoms with E-state index in [2.05, 4.69) is 0 Å². The molecule has 1 N–H and O–H groups in total. The van der Waals surface area contributed by atoms with Gasteiger partial charge in [-0.25, -0.2) is 0 Å². The van der Waals surface area contributed by atoms with Crippen molar-refractivity contribution in [2.45, 2.75) is 59.8 Å². The predicted molar refractivity (Wildman–Crippen MR) is 66.8 cm³/mol. The van der Waals surface area contributed by atoms with E-state index in [0.717, 1.165) is 12.8 Å². The van der Waals surface area contributed by atoms with Gasteiger partial charge in [-0.2, -0.15) is 0 Å². The zero-order chi connectivity index (χ0) is 13.3. The Morgan fingerprint density at radius 3 is 2.00 bits per heavy atom. The van der Waals surface area contributed by atoms with Gasteiger partial charge in [-0.3, -0.25) is 9.59 Å². The Morgan fingerprint density at radius 2 is 1.71 bits per heavy atom. The Hall–Kier alpha value is -0.860. The molecule has 0 heterocycles. The molecule has 1 saturated carbocycles. The number of carboxylic acids is 1. The van der Waals surface area contributed by atoms with Crippen molar-refractivity contribution in [3.63, 3.8) is 0 Å². The SMILES string of the molecule is CC[C@]1(C(=O)O)CC[C@H](C(=O)C(C)(C)C)CC1. The summed E-state index contributed by atoms with van der Waals surface area (Å²) in [6, 6.07) is 0. The summed E-state index contributed by atoms with van der Waals surface area (Å²) in [7, 11) is 0. The van der Waals surface area contributed by atoms with Crippen LogP contribution in [0.1, 0.15) is 59.8 Å². The number of ketones is 1. The molecule has 98 valence electrons. The molecular weight excluding hydrogens is 216 g/mol. The molecule has 3 nitrogen and oxygen atoms in total. The van der Waals surface area contributed by atoms with Crippen molar-refractivity contribution in [1.29, 1.82) is 0 Å². The highest BCUT2D eigenvalue weighted by molar-refractivity contribution is 5.86. The molecule has 0 aliphatic heterocycles. The van der Waals surface area contributed by atoms with E-state index in [1.807, 2.05) is 27.7 Å². The van der Waals surface area contributed by atoms with Gasteiger partial charge in [0.1, 0.15) is 5.78 Å². The first-order valence-electron chi connectivity index (χ1n) is 6.50. The van der Waals surface area contributed by atoms with E-state index >= 15 is 0 Å². The van der Waals surface area contributed by atoms with Crippen molar-refractivity contribution in [2.24, 2.45) is 16.7 Å².